The van der Waals surface area contributed by atoms with Crippen LogP contribution in [0.15, 0.2) is 18.7 Å². The lowest BCUT2D eigenvalue weighted by Crippen LogP contribution is -2.51. The van der Waals surface area contributed by atoms with Gasteiger partial charge >= 0.3 is 0 Å². The summed E-state index contributed by atoms with van der Waals surface area (Å²) in [5.74, 6) is -0.0368. The van der Waals surface area contributed by atoms with Crippen molar-refractivity contribution in [2.75, 3.05) is 26.2 Å². The monoisotopic (exact) mass is 259 g/mol. The Kier molecular flexibility index (Phi) is 4.42. The van der Waals surface area contributed by atoms with Crippen LogP contribution in [0.1, 0.15) is 23.7 Å². The van der Waals surface area contributed by atoms with Gasteiger partial charge in [-0.15, -0.1) is 0 Å². The van der Waals surface area contributed by atoms with Crippen molar-refractivity contribution in [3.8, 4) is 6.07 Å². The molecule has 1 atom stereocenters. The molecule has 1 aromatic heterocycles. The first-order valence-electron chi connectivity index (χ1n) is 6.44. The fourth-order valence-electron chi connectivity index (χ4n) is 2.26. The number of rotatable bonds is 3. The van der Waals surface area contributed by atoms with Crippen molar-refractivity contribution in [2.45, 2.75) is 19.4 Å². The van der Waals surface area contributed by atoms with Crippen molar-refractivity contribution in [1.29, 1.82) is 5.26 Å². The largest absolute Gasteiger partial charge is 0.336 e. The number of nitrogens with zero attached hydrogens (tertiary/aromatic N) is 5. The zero-order valence-corrected chi connectivity index (χ0v) is 11.0. The maximum Gasteiger partial charge on any atom is 0.257 e. The van der Waals surface area contributed by atoms with E-state index in [-0.39, 0.29) is 11.9 Å². The Morgan fingerprint density at radius 3 is 2.53 bits per heavy atom. The van der Waals surface area contributed by atoms with Crippen molar-refractivity contribution in [1.82, 2.24) is 19.8 Å². The summed E-state index contributed by atoms with van der Waals surface area (Å²) in [4.78, 5) is 23.8. The van der Waals surface area contributed by atoms with Gasteiger partial charge in [0.1, 0.15) is 6.33 Å². The maximum atomic E-state index is 12.2. The summed E-state index contributed by atoms with van der Waals surface area (Å²) >= 11 is 0. The average molecular weight is 259 g/mol. The van der Waals surface area contributed by atoms with Gasteiger partial charge in [-0.1, -0.05) is 6.92 Å². The lowest BCUT2D eigenvalue weighted by molar-refractivity contribution is 0.0603. The Morgan fingerprint density at radius 2 is 2.00 bits per heavy atom. The fraction of sp³-hybridized carbons (Fsp3) is 0.538. The lowest BCUT2D eigenvalue weighted by Gasteiger charge is -2.36. The molecule has 19 heavy (non-hydrogen) atoms. The van der Waals surface area contributed by atoms with Crippen LogP contribution in [0, 0.1) is 11.3 Å². The van der Waals surface area contributed by atoms with E-state index in [1.165, 1.54) is 18.7 Å². The minimum Gasteiger partial charge on any atom is -0.336 e. The molecule has 1 aliphatic heterocycles. The van der Waals surface area contributed by atoms with E-state index in [0.717, 1.165) is 19.5 Å². The number of carbonyl (C=O) groups is 1. The topological polar surface area (TPSA) is 73.1 Å². The van der Waals surface area contributed by atoms with E-state index in [2.05, 4.69) is 20.9 Å². The smallest absolute Gasteiger partial charge is 0.257 e. The van der Waals surface area contributed by atoms with Gasteiger partial charge in [-0.05, 0) is 6.42 Å². The summed E-state index contributed by atoms with van der Waals surface area (Å²) < 4.78 is 0. The van der Waals surface area contributed by atoms with Gasteiger partial charge in [-0.25, -0.2) is 9.97 Å². The molecular formula is C13H17N5O. The third-order valence-corrected chi connectivity index (χ3v) is 3.39. The van der Waals surface area contributed by atoms with E-state index < -0.39 is 0 Å². The first-order valence-corrected chi connectivity index (χ1v) is 6.44. The van der Waals surface area contributed by atoms with Gasteiger partial charge in [0, 0.05) is 38.6 Å². The number of aromatic nitrogens is 2. The SMILES string of the molecule is CCC(C#N)N1CCN(C(=O)c2cncnc2)CC1. The fourth-order valence-corrected chi connectivity index (χ4v) is 2.26. The van der Waals surface area contributed by atoms with Crippen LogP contribution in [0.5, 0.6) is 0 Å². The van der Waals surface area contributed by atoms with Crippen molar-refractivity contribution >= 4 is 5.91 Å². The molecular weight excluding hydrogens is 242 g/mol. The van der Waals surface area contributed by atoms with Crippen molar-refractivity contribution in [2.24, 2.45) is 0 Å². The quantitative estimate of drug-likeness (QED) is 0.792. The van der Waals surface area contributed by atoms with E-state index in [1.807, 2.05) is 6.92 Å². The highest BCUT2D eigenvalue weighted by molar-refractivity contribution is 5.93. The van der Waals surface area contributed by atoms with Gasteiger partial charge in [0.2, 0.25) is 0 Å². The highest BCUT2D eigenvalue weighted by Gasteiger charge is 2.25. The molecule has 2 rings (SSSR count). The zero-order valence-electron chi connectivity index (χ0n) is 11.0. The van der Waals surface area contributed by atoms with Crippen LogP contribution in [-0.2, 0) is 0 Å². The third-order valence-electron chi connectivity index (χ3n) is 3.39. The number of nitriles is 1. The lowest BCUT2D eigenvalue weighted by atomic mass is 10.1. The second kappa shape index (κ2) is 6.25. The number of piperazine rings is 1. The Balaban J connectivity index is 1.94. The van der Waals surface area contributed by atoms with Crippen molar-refractivity contribution < 1.29 is 4.79 Å². The Bertz CT molecular complexity index is 462. The van der Waals surface area contributed by atoms with Gasteiger partial charge in [0.05, 0.1) is 17.7 Å². The van der Waals surface area contributed by atoms with Crippen molar-refractivity contribution in [3.05, 3.63) is 24.3 Å². The van der Waals surface area contributed by atoms with Gasteiger partial charge in [0.25, 0.3) is 5.91 Å². The van der Waals surface area contributed by atoms with Crippen LogP contribution in [0.2, 0.25) is 0 Å². The molecule has 0 radical (unpaired) electrons. The predicted octanol–water partition coefficient (Wildman–Crippen LogP) is 0.537. The van der Waals surface area contributed by atoms with Crippen LogP contribution in [0.4, 0.5) is 0 Å². The minimum atomic E-state index is -0.0442. The number of hydrogen-bond donors (Lipinski definition) is 0. The Hall–Kier alpha value is -2.00. The summed E-state index contributed by atoms with van der Waals surface area (Å²) in [5, 5.41) is 9.04. The molecule has 0 saturated carbocycles. The number of amides is 1. The van der Waals surface area contributed by atoms with Crippen LogP contribution in [0.3, 0.4) is 0 Å². The highest BCUT2D eigenvalue weighted by Crippen LogP contribution is 2.11. The first-order chi connectivity index (χ1) is 9.26. The second-order valence-corrected chi connectivity index (χ2v) is 4.51. The van der Waals surface area contributed by atoms with Crippen LogP contribution >= 0.6 is 0 Å². The van der Waals surface area contributed by atoms with Crippen LogP contribution in [-0.4, -0.2) is 57.9 Å². The molecule has 1 aliphatic rings. The molecule has 1 saturated heterocycles. The number of carbonyl (C=O) groups excluding carboxylic acids is 1. The maximum absolute atomic E-state index is 12.2. The standard InChI is InChI=1S/C13H17N5O/c1-2-12(7-14)17-3-5-18(6-4-17)13(19)11-8-15-10-16-9-11/h8-10,12H,2-6H2,1H3. The van der Waals surface area contributed by atoms with Crippen molar-refractivity contribution in [3.63, 3.8) is 0 Å². The van der Waals surface area contributed by atoms with E-state index >= 15 is 0 Å². The summed E-state index contributed by atoms with van der Waals surface area (Å²) in [6.07, 6.45) is 5.29. The van der Waals surface area contributed by atoms with E-state index in [1.54, 1.807) is 4.90 Å². The second-order valence-electron chi connectivity index (χ2n) is 4.51. The zero-order chi connectivity index (χ0) is 13.7. The molecule has 0 N–H and O–H groups in total. The van der Waals surface area contributed by atoms with E-state index in [9.17, 15) is 4.79 Å². The molecule has 0 aliphatic carbocycles. The number of hydrogen-bond acceptors (Lipinski definition) is 5. The third kappa shape index (κ3) is 3.06. The Morgan fingerprint density at radius 1 is 1.37 bits per heavy atom. The highest BCUT2D eigenvalue weighted by atomic mass is 16.2. The molecule has 0 spiro atoms. The summed E-state index contributed by atoms with van der Waals surface area (Å²) in [6, 6.07) is 2.26. The average Bonchev–Trinajstić information content (AvgIpc) is 2.49. The molecule has 1 amide bonds. The normalized spacial score (nSPS) is 17.8. The molecule has 0 bridgehead atoms. The predicted molar refractivity (Wildman–Crippen MR) is 69.2 cm³/mol. The van der Waals surface area contributed by atoms with Crippen LogP contribution < -0.4 is 0 Å². The van der Waals surface area contributed by atoms with Crippen LogP contribution in [0.25, 0.3) is 0 Å². The van der Waals surface area contributed by atoms with Gasteiger partial charge in [0.15, 0.2) is 0 Å². The van der Waals surface area contributed by atoms with Gasteiger partial charge in [-0.2, -0.15) is 5.26 Å². The minimum absolute atomic E-state index is 0.0368. The summed E-state index contributed by atoms with van der Waals surface area (Å²) in [7, 11) is 0. The van der Waals surface area contributed by atoms with Gasteiger partial charge in [-0.3, -0.25) is 9.69 Å². The molecule has 0 aromatic carbocycles. The van der Waals surface area contributed by atoms with Gasteiger partial charge < -0.3 is 4.90 Å². The molecule has 1 unspecified atom stereocenters. The molecule has 100 valence electrons. The molecule has 6 heteroatoms. The molecule has 6 nitrogen and oxygen atoms in total. The first kappa shape index (κ1) is 13.4. The summed E-state index contributed by atoms with van der Waals surface area (Å²) in [5.41, 5.74) is 0.517. The molecule has 2 heterocycles. The Labute approximate surface area is 112 Å². The molecule has 1 fully saturated rings. The van der Waals surface area contributed by atoms with E-state index in [4.69, 9.17) is 5.26 Å². The molecule has 1 aromatic rings. The summed E-state index contributed by atoms with van der Waals surface area (Å²) in [6.45, 7) is 4.78. The van der Waals surface area contributed by atoms with E-state index in [0.29, 0.717) is 18.7 Å².